The minimum absolute atomic E-state index is 0.0669. The molecule has 424 valence electrons. The summed E-state index contributed by atoms with van der Waals surface area (Å²) in [4.78, 5) is 38.0. The van der Waals surface area contributed by atoms with E-state index in [-0.39, 0.29) is 31.1 Å². The zero-order chi connectivity index (χ0) is 52.9. The highest BCUT2D eigenvalue weighted by Gasteiger charge is 2.19. The first-order chi connectivity index (χ1) is 36.0. The minimum atomic E-state index is -0.765. The fourth-order valence-corrected chi connectivity index (χ4v) is 9.30. The molecular formula is C67H120O6. The molecule has 73 heavy (non-hydrogen) atoms. The van der Waals surface area contributed by atoms with E-state index in [1.54, 1.807) is 0 Å². The van der Waals surface area contributed by atoms with E-state index in [0.717, 1.165) is 89.9 Å². The molecule has 1 unspecified atom stereocenters. The normalized spacial score (nSPS) is 12.4. The summed E-state index contributed by atoms with van der Waals surface area (Å²) in [6.45, 7) is 6.53. The maximum Gasteiger partial charge on any atom is 0.306 e. The highest BCUT2D eigenvalue weighted by Crippen LogP contribution is 2.17. The molecule has 0 saturated carbocycles. The summed E-state index contributed by atoms with van der Waals surface area (Å²) in [6, 6.07) is 0. The van der Waals surface area contributed by atoms with Gasteiger partial charge in [0, 0.05) is 19.3 Å². The van der Waals surface area contributed by atoms with Crippen molar-refractivity contribution in [2.75, 3.05) is 13.2 Å². The van der Waals surface area contributed by atoms with Crippen LogP contribution in [0.3, 0.4) is 0 Å². The van der Waals surface area contributed by atoms with Crippen molar-refractivity contribution in [1.29, 1.82) is 0 Å². The summed E-state index contributed by atoms with van der Waals surface area (Å²) < 4.78 is 16.8. The molecule has 0 aromatic carbocycles. The highest BCUT2D eigenvalue weighted by atomic mass is 16.6. The van der Waals surface area contributed by atoms with Crippen LogP contribution in [0.4, 0.5) is 0 Å². The summed E-state index contributed by atoms with van der Waals surface area (Å²) in [5.74, 6) is -0.853. The van der Waals surface area contributed by atoms with Crippen LogP contribution >= 0.6 is 0 Å². The van der Waals surface area contributed by atoms with E-state index in [9.17, 15) is 14.4 Å². The van der Waals surface area contributed by atoms with E-state index in [2.05, 4.69) is 81.5 Å². The van der Waals surface area contributed by atoms with Gasteiger partial charge in [-0.1, -0.05) is 306 Å². The third-order valence-corrected chi connectivity index (χ3v) is 14.0. The lowest BCUT2D eigenvalue weighted by atomic mass is 10.0. The number of hydrogen-bond acceptors (Lipinski definition) is 6. The van der Waals surface area contributed by atoms with Crippen molar-refractivity contribution in [3.05, 3.63) is 60.8 Å². The van der Waals surface area contributed by atoms with Crippen LogP contribution in [0.2, 0.25) is 0 Å². The molecule has 1 atom stereocenters. The van der Waals surface area contributed by atoms with Crippen molar-refractivity contribution in [2.24, 2.45) is 0 Å². The first kappa shape index (κ1) is 70.1. The van der Waals surface area contributed by atoms with Crippen LogP contribution < -0.4 is 0 Å². The number of esters is 3. The molecule has 0 N–H and O–H groups in total. The van der Waals surface area contributed by atoms with Gasteiger partial charge >= 0.3 is 17.9 Å². The fourth-order valence-electron chi connectivity index (χ4n) is 9.30. The van der Waals surface area contributed by atoms with Crippen LogP contribution in [-0.4, -0.2) is 37.2 Å². The van der Waals surface area contributed by atoms with Crippen molar-refractivity contribution in [3.63, 3.8) is 0 Å². The highest BCUT2D eigenvalue weighted by molar-refractivity contribution is 5.71. The van der Waals surface area contributed by atoms with E-state index in [4.69, 9.17) is 14.2 Å². The van der Waals surface area contributed by atoms with Crippen LogP contribution in [0.25, 0.3) is 0 Å². The van der Waals surface area contributed by atoms with E-state index >= 15 is 0 Å². The van der Waals surface area contributed by atoms with Gasteiger partial charge in [-0.2, -0.15) is 0 Å². The van der Waals surface area contributed by atoms with E-state index in [1.165, 1.54) is 199 Å². The topological polar surface area (TPSA) is 78.9 Å². The standard InChI is InChI=1S/C67H120O6/c1-4-7-10-13-16-19-21-22-23-24-25-26-27-28-29-30-31-32-33-34-35-36-37-38-39-40-41-42-43-44-46-48-51-54-57-60-66(69)72-63-64(62-71-65(68)59-56-53-50-47-18-15-12-9-6-3)73-67(70)61-58-55-52-49-45-20-17-14-11-8-5-2/h7,10,16,19,22-23,25-26,28-29,64H,4-6,8-9,11-15,17-18,20-21,24,27,30-63H2,1-3H3/b10-7-,19-16-,23-22-,26-25-,29-28-. The predicted octanol–water partition coefficient (Wildman–Crippen LogP) is 21.6. The van der Waals surface area contributed by atoms with Gasteiger partial charge in [-0.25, -0.2) is 0 Å². The summed E-state index contributed by atoms with van der Waals surface area (Å²) in [5.41, 5.74) is 0. The van der Waals surface area contributed by atoms with Gasteiger partial charge in [0.15, 0.2) is 6.10 Å². The molecule has 0 radical (unpaired) electrons. The van der Waals surface area contributed by atoms with Gasteiger partial charge in [-0.15, -0.1) is 0 Å². The van der Waals surface area contributed by atoms with Crippen LogP contribution in [0.15, 0.2) is 60.8 Å². The Morgan fingerprint density at radius 1 is 0.288 bits per heavy atom. The Morgan fingerprint density at radius 2 is 0.534 bits per heavy atom. The Labute approximate surface area is 453 Å². The molecule has 0 aliphatic carbocycles. The van der Waals surface area contributed by atoms with E-state index in [1.807, 2.05) is 0 Å². The molecule has 0 aliphatic rings. The van der Waals surface area contributed by atoms with Gasteiger partial charge < -0.3 is 14.2 Å². The number of carbonyl (C=O) groups excluding carboxylic acids is 3. The van der Waals surface area contributed by atoms with Crippen molar-refractivity contribution >= 4 is 17.9 Å². The number of carbonyl (C=O) groups is 3. The van der Waals surface area contributed by atoms with Gasteiger partial charge in [-0.3, -0.25) is 14.4 Å². The minimum Gasteiger partial charge on any atom is -0.462 e. The first-order valence-electron chi connectivity index (χ1n) is 31.8. The van der Waals surface area contributed by atoms with Crippen molar-refractivity contribution < 1.29 is 28.6 Å². The van der Waals surface area contributed by atoms with Crippen molar-refractivity contribution in [3.8, 4) is 0 Å². The smallest absolute Gasteiger partial charge is 0.306 e. The maximum absolute atomic E-state index is 12.8. The van der Waals surface area contributed by atoms with Crippen molar-refractivity contribution in [2.45, 2.75) is 335 Å². The number of unbranched alkanes of at least 4 members (excludes halogenated alkanes) is 37. The Balaban J connectivity index is 3.94. The van der Waals surface area contributed by atoms with Crippen LogP contribution in [0.5, 0.6) is 0 Å². The number of allylic oxidation sites excluding steroid dienone is 10. The van der Waals surface area contributed by atoms with Crippen LogP contribution in [0, 0.1) is 0 Å². The molecule has 6 nitrogen and oxygen atoms in total. The maximum atomic E-state index is 12.8. The molecule has 0 aliphatic heterocycles. The molecule has 0 amide bonds. The molecule has 0 bridgehead atoms. The molecule has 6 heteroatoms. The molecule has 0 spiro atoms. The van der Waals surface area contributed by atoms with Gasteiger partial charge in [0.1, 0.15) is 13.2 Å². The number of rotatable bonds is 58. The first-order valence-corrected chi connectivity index (χ1v) is 31.8. The molecule has 0 fully saturated rings. The predicted molar refractivity (Wildman–Crippen MR) is 316 cm³/mol. The Hall–Kier alpha value is -2.89. The lowest BCUT2D eigenvalue weighted by molar-refractivity contribution is -0.167. The fraction of sp³-hybridized carbons (Fsp3) is 0.806. The molecule has 0 heterocycles. The second-order valence-corrected chi connectivity index (χ2v) is 21.3. The Morgan fingerprint density at radius 3 is 0.836 bits per heavy atom. The second-order valence-electron chi connectivity index (χ2n) is 21.3. The van der Waals surface area contributed by atoms with E-state index in [0.29, 0.717) is 19.3 Å². The summed E-state index contributed by atoms with van der Waals surface area (Å²) >= 11 is 0. The Kier molecular flexibility index (Phi) is 59.2. The lowest BCUT2D eigenvalue weighted by Gasteiger charge is -2.18. The zero-order valence-corrected chi connectivity index (χ0v) is 48.7. The summed E-state index contributed by atoms with van der Waals surface area (Å²) in [5, 5.41) is 0. The molecule has 0 aromatic rings. The average molecular weight is 1020 g/mol. The van der Waals surface area contributed by atoms with Gasteiger partial charge in [0.05, 0.1) is 0 Å². The molecule has 0 saturated heterocycles. The number of hydrogen-bond donors (Lipinski definition) is 0. The quantitative estimate of drug-likeness (QED) is 0.0261. The third kappa shape index (κ3) is 59.9. The van der Waals surface area contributed by atoms with Crippen LogP contribution in [0.1, 0.15) is 329 Å². The van der Waals surface area contributed by atoms with E-state index < -0.39 is 6.10 Å². The molecule has 0 rings (SSSR count). The monoisotopic (exact) mass is 1020 g/mol. The second kappa shape index (κ2) is 61.7. The van der Waals surface area contributed by atoms with Gasteiger partial charge in [0.25, 0.3) is 0 Å². The largest absolute Gasteiger partial charge is 0.462 e. The molecular weight excluding hydrogens is 901 g/mol. The lowest BCUT2D eigenvalue weighted by Crippen LogP contribution is -2.30. The van der Waals surface area contributed by atoms with Crippen LogP contribution in [-0.2, 0) is 28.6 Å². The average Bonchev–Trinajstić information content (AvgIpc) is 3.39. The third-order valence-electron chi connectivity index (χ3n) is 14.0. The zero-order valence-electron chi connectivity index (χ0n) is 48.7. The van der Waals surface area contributed by atoms with Crippen molar-refractivity contribution in [1.82, 2.24) is 0 Å². The van der Waals surface area contributed by atoms with Gasteiger partial charge in [-0.05, 0) is 64.2 Å². The summed E-state index contributed by atoms with van der Waals surface area (Å²) in [6.07, 6.45) is 78.3. The summed E-state index contributed by atoms with van der Waals surface area (Å²) in [7, 11) is 0. The van der Waals surface area contributed by atoms with Gasteiger partial charge in [0.2, 0.25) is 0 Å². The SMILES string of the molecule is CC/C=C\C/C=C\C/C=C\C/C=C\C/C=C\CCCCCCCCCCCCCCCCCCCCCC(=O)OCC(COC(=O)CCCCCCCCCCC)OC(=O)CCCCCCCCCCCCC. The molecule has 0 aromatic heterocycles. The number of ether oxygens (including phenoxy) is 3. The Bertz CT molecular complexity index is 1310.